The molecule has 20 heavy (non-hydrogen) atoms. The van der Waals surface area contributed by atoms with Gasteiger partial charge >= 0.3 is 0 Å². The molecular formula is C14H24N4O2. The molecule has 1 fully saturated rings. The van der Waals surface area contributed by atoms with Crippen LogP contribution in [0.3, 0.4) is 0 Å². The number of anilines is 1. The first-order valence-corrected chi connectivity index (χ1v) is 7.21. The van der Waals surface area contributed by atoms with Gasteiger partial charge in [0.2, 0.25) is 11.8 Å². The Morgan fingerprint density at radius 2 is 2.25 bits per heavy atom. The Hall–Kier alpha value is -1.40. The zero-order chi connectivity index (χ0) is 14.5. The zero-order valence-electron chi connectivity index (χ0n) is 12.5. The van der Waals surface area contributed by atoms with Gasteiger partial charge in [0.05, 0.1) is 18.8 Å². The van der Waals surface area contributed by atoms with Crippen molar-refractivity contribution in [3.63, 3.8) is 0 Å². The van der Waals surface area contributed by atoms with Crippen molar-refractivity contribution in [1.82, 2.24) is 9.97 Å². The van der Waals surface area contributed by atoms with Crippen LogP contribution in [0.25, 0.3) is 0 Å². The molecule has 0 saturated carbocycles. The van der Waals surface area contributed by atoms with Crippen LogP contribution in [0.5, 0.6) is 5.88 Å². The lowest BCUT2D eigenvalue weighted by Gasteiger charge is -2.36. The summed E-state index contributed by atoms with van der Waals surface area (Å²) in [5.74, 6) is 1.34. The molecule has 0 aliphatic carbocycles. The van der Waals surface area contributed by atoms with Crippen molar-refractivity contribution < 1.29 is 9.47 Å². The van der Waals surface area contributed by atoms with Gasteiger partial charge in [0, 0.05) is 31.4 Å². The Morgan fingerprint density at radius 1 is 1.45 bits per heavy atom. The zero-order valence-corrected chi connectivity index (χ0v) is 12.5. The van der Waals surface area contributed by atoms with Gasteiger partial charge in [-0.15, -0.1) is 0 Å². The van der Waals surface area contributed by atoms with E-state index in [1.165, 1.54) is 0 Å². The summed E-state index contributed by atoms with van der Waals surface area (Å²) in [6, 6.07) is 1.86. The molecule has 6 nitrogen and oxygen atoms in total. The van der Waals surface area contributed by atoms with Crippen LogP contribution in [0.2, 0.25) is 0 Å². The van der Waals surface area contributed by atoms with Crippen LogP contribution in [0.4, 0.5) is 5.95 Å². The third-order valence-corrected chi connectivity index (χ3v) is 3.14. The number of hydrogen-bond acceptors (Lipinski definition) is 6. The van der Waals surface area contributed by atoms with Crippen LogP contribution in [0.15, 0.2) is 6.07 Å². The minimum absolute atomic E-state index is 0.0304. The number of rotatable bonds is 5. The number of aromatic nitrogens is 2. The minimum Gasteiger partial charge on any atom is -0.478 e. The quantitative estimate of drug-likeness (QED) is 0.871. The van der Waals surface area contributed by atoms with Crippen LogP contribution in [0.1, 0.15) is 26.0 Å². The van der Waals surface area contributed by atoms with Crippen LogP contribution < -0.4 is 15.4 Å². The first-order valence-electron chi connectivity index (χ1n) is 7.21. The number of nitrogens with zero attached hydrogens (tertiary/aromatic N) is 3. The molecule has 1 aromatic rings. The average Bonchev–Trinajstić information content (AvgIpc) is 2.43. The number of morpholine rings is 1. The molecule has 0 spiro atoms. The first kappa shape index (κ1) is 15.0. The maximum atomic E-state index is 5.76. The summed E-state index contributed by atoms with van der Waals surface area (Å²) < 4.78 is 11.4. The second kappa shape index (κ2) is 6.85. The van der Waals surface area contributed by atoms with E-state index in [2.05, 4.69) is 21.8 Å². The molecule has 2 N–H and O–H groups in total. The third kappa shape index (κ3) is 3.80. The standard InChI is InChI=1S/C14H24N4O2/c1-4-5-19-13-6-10(2)16-14(17-13)18-8-11(3)20-12(7-15)9-18/h6,11-12H,4-5,7-9,15H2,1-3H3. The summed E-state index contributed by atoms with van der Waals surface area (Å²) in [6.45, 7) is 8.73. The van der Waals surface area contributed by atoms with E-state index in [9.17, 15) is 0 Å². The molecule has 0 aromatic carbocycles. The molecule has 1 aliphatic rings. The van der Waals surface area contributed by atoms with Crippen molar-refractivity contribution in [2.24, 2.45) is 5.73 Å². The number of aryl methyl sites for hydroxylation is 1. The van der Waals surface area contributed by atoms with Crippen molar-refractivity contribution in [3.8, 4) is 5.88 Å². The highest BCUT2D eigenvalue weighted by Gasteiger charge is 2.26. The van der Waals surface area contributed by atoms with E-state index >= 15 is 0 Å². The van der Waals surface area contributed by atoms with Crippen molar-refractivity contribution in [2.75, 3.05) is 31.1 Å². The van der Waals surface area contributed by atoms with Crippen molar-refractivity contribution in [2.45, 2.75) is 39.4 Å². The van der Waals surface area contributed by atoms with Gasteiger partial charge < -0.3 is 20.1 Å². The Bertz CT molecular complexity index is 441. The van der Waals surface area contributed by atoms with Gasteiger partial charge in [-0.25, -0.2) is 4.98 Å². The summed E-state index contributed by atoms with van der Waals surface area (Å²) in [5.41, 5.74) is 6.62. The Morgan fingerprint density at radius 3 is 2.95 bits per heavy atom. The molecule has 1 saturated heterocycles. The normalized spacial score (nSPS) is 22.9. The highest BCUT2D eigenvalue weighted by molar-refractivity contribution is 5.35. The predicted molar refractivity (Wildman–Crippen MR) is 78.2 cm³/mol. The molecule has 6 heteroatoms. The van der Waals surface area contributed by atoms with Gasteiger partial charge in [0.25, 0.3) is 0 Å². The lowest BCUT2D eigenvalue weighted by Crippen LogP contribution is -2.50. The molecule has 112 valence electrons. The van der Waals surface area contributed by atoms with E-state index in [-0.39, 0.29) is 12.2 Å². The van der Waals surface area contributed by atoms with Gasteiger partial charge in [-0.2, -0.15) is 4.98 Å². The minimum atomic E-state index is 0.0304. The Kier molecular flexibility index (Phi) is 5.14. The monoisotopic (exact) mass is 280 g/mol. The van der Waals surface area contributed by atoms with Gasteiger partial charge in [0.1, 0.15) is 0 Å². The van der Waals surface area contributed by atoms with E-state index in [0.717, 1.165) is 25.2 Å². The topological polar surface area (TPSA) is 73.5 Å². The number of nitrogens with two attached hydrogens (primary N) is 1. The molecule has 1 aliphatic heterocycles. The van der Waals surface area contributed by atoms with Crippen molar-refractivity contribution in [1.29, 1.82) is 0 Å². The third-order valence-electron chi connectivity index (χ3n) is 3.14. The summed E-state index contributed by atoms with van der Waals surface area (Å²) >= 11 is 0. The van der Waals surface area contributed by atoms with Gasteiger partial charge in [-0.1, -0.05) is 6.92 Å². The fraction of sp³-hybridized carbons (Fsp3) is 0.714. The molecule has 0 amide bonds. The molecule has 2 heterocycles. The highest BCUT2D eigenvalue weighted by Crippen LogP contribution is 2.20. The summed E-state index contributed by atoms with van der Waals surface area (Å²) in [5, 5.41) is 0. The molecule has 2 atom stereocenters. The van der Waals surface area contributed by atoms with E-state index in [4.69, 9.17) is 15.2 Å². The molecule has 0 radical (unpaired) electrons. The van der Waals surface area contributed by atoms with Gasteiger partial charge in [-0.3, -0.25) is 0 Å². The van der Waals surface area contributed by atoms with Crippen LogP contribution in [-0.2, 0) is 4.74 Å². The number of hydrogen-bond donors (Lipinski definition) is 1. The molecule has 2 unspecified atom stereocenters. The molecule has 0 bridgehead atoms. The Balaban J connectivity index is 2.16. The predicted octanol–water partition coefficient (Wildman–Crippen LogP) is 1.13. The fourth-order valence-electron chi connectivity index (χ4n) is 2.29. The fourth-order valence-corrected chi connectivity index (χ4v) is 2.29. The maximum absolute atomic E-state index is 5.76. The molecule has 2 rings (SSSR count). The molecular weight excluding hydrogens is 256 g/mol. The van der Waals surface area contributed by atoms with Crippen LogP contribution in [0, 0.1) is 6.92 Å². The number of ether oxygens (including phenoxy) is 2. The van der Waals surface area contributed by atoms with E-state index in [0.29, 0.717) is 25.0 Å². The van der Waals surface area contributed by atoms with E-state index < -0.39 is 0 Å². The SMILES string of the molecule is CCCOc1cc(C)nc(N2CC(C)OC(CN)C2)n1. The smallest absolute Gasteiger partial charge is 0.229 e. The van der Waals surface area contributed by atoms with Crippen molar-refractivity contribution in [3.05, 3.63) is 11.8 Å². The van der Waals surface area contributed by atoms with Gasteiger partial charge in [-0.05, 0) is 20.3 Å². The van der Waals surface area contributed by atoms with E-state index in [1.54, 1.807) is 0 Å². The summed E-state index contributed by atoms with van der Waals surface area (Å²) in [6.07, 6.45) is 1.12. The maximum Gasteiger partial charge on any atom is 0.229 e. The average molecular weight is 280 g/mol. The lowest BCUT2D eigenvalue weighted by molar-refractivity contribution is -0.0110. The lowest BCUT2D eigenvalue weighted by atomic mass is 10.2. The summed E-state index contributed by atoms with van der Waals surface area (Å²) in [7, 11) is 0. The van der Waals surface area contributed by atoms with Gasteiger partial charge in [0.15, 0.2) is 0 Å². The first-order chi connectivity index (χ1) is 9.62. The Labute approximate surface area is 120 Å². The van der Waals surface area contributed by atoms with Crippen LogP contribution in [-0.4, -0.2) is 48.4 Å². The second-order valence-corrected chi connectivity index (χ2v) is 5.21. The molecule has 1 aromatic heterocycles. The largest absolute Gasteiger partial charge is 0.478 e. The highest BCUT2D eigenvalue weighted by atomic mass is 16.5. The second-order valence-electron chi connectivity index (χ2n) is 5.21. The van der Waals surface area contributed by atoms with Crippen LogP contribution >= 0.6 is 0 Å². The van der Waals surface area contributed by atoms with Crippen molar-refractivity contribution >= 4 is 5.95 Å². The summed E-state index contributed by atoms with van der Waals surface area (Å²) in [4.78, 5) is 11.1. The van der Waals surface area contributed by atoms with E-state index in [1.807, 2.05) is 19.9 Å².